The Labute approximate surface area is 200 Å². The summed E-state index contributed by atoms with van der Waals surface area (Å²) in [4.78, 5) is 13.1. The highest BCUT2D eigenvalue weighted by molar-refractivity contribution is 7.92. The van der Waals surface area contributed by atoms with Gasteiger partial charge < -0.3 is 8.83 Å². The van der Waals surface area contributed by atoms with Crippen LogP contribution in [0, 0.1) is 0 Å². The fourth-order valence-corrected chi connectivity index (χ4v) is 4.85. The maximum Gasteiger partial charge on any atom is 0.310 e. The molecule has 4 aromatic rings. The van der Waals surface area contributed by atoms with Crippen molar-refractivity contribution in [3.8, 4) is 0 Å². The zero-order valence-electron chi connectivity index (χ0n) is 17.6. The second-order valence-electron chi connectivity index (χ2n) is 7.55. The van der Waals surface area contributed by atoms with Crippen LogP contribution in [0.15, 0.2) is 104 Å². The van der Waals surface area contributed by atoms with Gasteiger partial charge in [0.25, 0.3) is 10.0 Å². The van der Waals surface area contributed by atoms with E-state index in [1.165, 1.54) is 41.8 Å². The van der Waals surface area contributed by atoms with Crippen LogP contribution in [0.25, 0.3) is 0 Å². The molecule has 3 heterocycles. The van der Waals surface area contributed by atoms with Crippen LogP contribution in [-0.4, -0.2) is 25.0 Å². The Hall–Kier alpha value is -3.82. The summed E-state index contributed by atoms with van der Waals surface area (Å²) in [6.07, 6.45) is 3.34. The van der Waals surface area contributed by atoms with Crippen molar-refractivity contribution in [2.24, 2.45) is 5.10 Å². The molecular weight excluding hydrogens is 478 g/mol. The number of sulfonamides is 1. The minimum Gasteiger partial charge on any atom is -0.467 e. The number of amides is 1. The van der Waals surface area contributed by atoms with Crippen molar-refractivity contribution in [2.75, 3.05) is 4.72 Å². The van der Waals surface area contributed by atoms with E-state index < -0.39 is 22.0 Å². The van der Waals surface area contributed by atoms with E-state index in [-0.39, 0.29) is 10.7 Å². The van der Waals surface area contributed by atoms with E-state index in [9.17, 15) is 13.2 Å². The number of anilines is 1. The molecule has 2 aromatic heterocycles. The van der Waals surface area contributed by atoms with Crippen LogP contribution in [0.5, 0.6) is 0 Å². The fraction of sp³-hybridized carbons (Fsp3) is 0.0833. The van der Waals surface area contributed by atoms with Crippen LogP contribution < -0.4 is 4.72 Å². The lowest BCUT2D eigenvalue weighted by Gasteiger charge is -2.18. The first-order chi connectivity index (χ1) is 16.4. The summed E-state index contributed by atoms with van der Waals surface area (Å²) in [5, 5.41) is 6.32. The van der Waals surface area contributed by atoms with Gasteiger partial charge in [-0.15, -0.1) is 0 Å². The monoisotopic (exact) mass is 495 g/mol. The fourth-order valence-electron chi connectivity index (χ4n) is 3.68. The predicted octanol–water partition coefficient (Wildman–Crippen LogP) is 5.32. The molecule has 1 amide bonds. The average molecular weight is 496 g/mol. The predicted molar refractivity (Wildman–Crippen MR) is 126 cm³/mol. The van der Waals surface area contributed by atoms with Crippen molar-refractivity contribution in [1.82, 2.24) is 5.01 Å². The van der Waals surface area contributed by atoms with Gasteiger partial charge in [-0.3, -0.25) is 9.52 Å². The van der Waals surface area contributed by atoms with Gasteiger partial charge in [0.15, 0.2) is 5.76 Å². The zero-order valence-corrected chi connectivity index (χ0v) is 19.2. The number of hydrogen-bond donors (Lipinski definition) is 1. The van der Waals surface area contributed by atoms with Crippen LogP contribution in [-0.2, 0) is 10.0 Å². The first-order valence-electron chi connectivity index (χ1n) is 10.3. The molecule has 0 bridgehead atoms. The molecule has 0 aliphatic carbocycles. The Kier molecular flexibility index (Phi) is 5.72. The standard InChI is InChI=1S/C24H18ClN3O5S/c25-17-8-10-19(11-9-17)34(30,31)27-18-5-1-4-16(14-18)20-15-21(22-6-2-12-32-22)28(26-20)24(29)23-7-3-13-33-23/h1-14,21,27H,15H2/t21-/m0/s1. The Morgan fingerprint density at radius 3 is 2.47 bits per heavy atom. The molecule has 5 rings (SSSR count). The molecule has 0 fully saturated rings. The molecule has 0 radical (unpaired) electrons. The third-order valence-electron chi connectivity index (χ3n) is 5.29. The molecule has 8 nitrogen and oxygen atoms in total. The normalized spacial score (nSPS) is 15.9. The maximum atomic E-state index is 13.0. The van der Waals surface area contributed by atoms with E-state index in [2.05, 4.69) is 9.82 Å². The highest BCUT2D eigenvalue weighted by atomic mass is 35.5. The highest BCUT2D eigenvalue weighted by Crippen LogP contribution is 2.34. The third kappa shape index (κ3) is 4.35. The van der Waals surface area contributed by atoms with E-state index >= 15 is 0 Å². The van der Waals surface area contributed by atoms with Gasteiger partial charge in [-0.1, -0.05) is 23.7 Å². The minimum absolute atomic E-state index is 0.0913. The van der Waals surface area contributed by atoms with Crippen LogP contribution in [0.3, 0.4) is 0 Å². The van der Waals surface area contributed by atoms with E-state index in [1.54, 1.807) is 48.5 Å². The molecule has 2 aromatic carbocycles. The molecule has 0 saturated heterocycles. The number of carbonyl (C=O) groups is 1. The maximum absolute atomic E-state index is 13.0. The van der Waals surface area contributed by atoms with E-state index in [4.69, 9.17) is 20.4 Å². The Morgan fingerprint density at radius 1 is 1.00 bits per heavy atom. The number of nitrogens with zero attached hydrogens (tertiary/aromatic N) is 2. The molecule has 0 spiro atoms. The number of carbonyl (C=O) groups excluding carboxylic acids is 1. The van der Waals surface area contributed by atoms with Crippen molar-refractivity contribution >= 4 is 38.9 Å². The Balaban J connectivity index is 1.44. The number of hydrazone groups is 1. The molecule has 10 heteroatoms. The number of furan rings is 2. The smallest absolute Gasteiger partial charge is 0.310 e. The number of halogens is 1. The van der Waals surface area contributed by atoms with Crippen LogP contribution in [0.4, 0.5) is 5.69 Å². The largest absolute Gasteiger partial charge is 0.467 e. The van der Waals surface area contributed by atoms with Crippen molar-refractivity contribution in [1.29, 1.82) is 0 Å². The van der Waals surface area contributed by atoms with Gasteiger partial charge in [0.05, 0.1) is 23.1 Å². The average Bonchev–Trinajstić information content (AvgIpc) is 3.60. The lowest BCUT2D eigenvalue weighted by atomic mass is 10.0. The van der Waals surface area contributed by atoms with Gasteiger partial charge in [0.2, 0.25) is 0 Å². The second kappa shape index (κ2) is 8.85. The Bertz CT molecular complexity index is 1450. The SMILES string of the molecule is O=C(c1ccco1)N1N=C(c2cccc(NS(=O)(=O)c3ccc(Cl)cc3)c2)C[C@H]1c1ccco1. The molecule has 1 N–H and O–H groups in total. The quantitative estimate of drug-likeness (QED) is 0.390. The first kappa shape index (κ1) is 22.0. The van der Waals surface area contributed by atoms with Gasteiger partial charge in [0, 0.05) is 17.1 Å². The molecule has 0 saturated carbocycles. The summed E-state index contributed by atoms with van der Waals surface area (Å²) in [6.45, 7) is 0. The van der Waals surface area contributed by atoms with Gasteiger partial charge in [-0.25, -0.2) is 13.4 Å². The Morgan fingerprint density at radius 2 is 1.76 bits per heavy atom. The highest BCUT2D eigenvalue weighted by Gasteiger charge is 2.36. The van der Waals surface area contributed by atoms with Crippen molar-refractivity contribution in [2.45, 2.75) is 17.4 Å². The summed E-state index contributed by atoms with van der Waals surface area (Å²) in [7, 11) is -3.81. The lowest BCUT2D eigenvalue weighted by Crippen LogP contribution is -2.26. The number of benzene rings is 2. The van der Waals surface area contributed by atoms with Gasteiger partial charge >= 0.3 is 5.91 Å². The molecule has 1 aliphatic heterocycles. The van der Waals surface area contributed by atoms with Crippen LogP contribution in [0.1, 0.15) is 34.3 Å². The van der Waals surface area contributed by atoms with Gasteiger partial charge in [0.1, 0.15) is 11.8 Å². The van der Waals surface area contributed by atoms with Gasteiger partial charge in [-0.2, -0.15) is 5.10 Å². The summed E-state index contributed by atoms with van der Waals surface area (Å²) >= 11 is 5.86. The number of hydrogen-bond acceptors (Lipinski definition) is 6. The third-order valence-corrected chi connectivity index (χ3v) is 6.94. The van der Waals surface area contributed by atoms with Crippen molar-refractivity contribution in [3.05, 3.63) is 107 Å². The molecule has 0 unspecified atom stereocenters. The van der Waals surface area contributed by atoms with Gasteiger partial charge in [-0.05, 0) is 66.2 Å². The number of nitrogens with one attached hydrogen (secondary N) is 1. The molecule has 172 valence electrons. The van der Waals surface area contributed by atoms with E-state index in [0.29, 0.717) is 34.2 Å². The molecule has 1 atom stereocenters. The van der Waals surface area contributed by atoms with Crippen molar-refractivity contribution in [3.63, 3.8) is 0 Å². The van der Waals surface area contributed by atoms with Crippen LogP contribution >= 0.6 is 11.6 Å². The molecule has 1 aliphatic rings. The second-order valence-corrected chi connectivity index (χ2v) is 9.67. The summed E-state index contributed by atoms with van der Waals surface area (Å²) in [5.41, 5.74) is 1.64. The van der Waals surface area contributed by atoms with E-state index in [1.807, 2.05) is 0 Å². The first-order valence-corrected chi connectivity index (χ1v) is 12.1. The van der Waals surface area contributed by atoms with E-state index in [0.717, 1.165) is 0 Å². The van der Waals surface area contributed by atoms with Crippen LogP contribution in [0.2, 0.25) is 5.02 Å². The topological polar surface area (TPSA) is 105 Å². The zero-order chi connectivity index (χ0) is 23.7. The lowest BCUT2D eigenvalue weighted by molar-refractivity contribution is 0.0660. The number of rotatable bonds is 6. The van der Waals surface area contributed by atoms with Crippen molar-refractivity contribution < 1.29 is 22.0 Å². The molecular formula is C24H18ClN3O5S. The summed E-state index contributed by atoms with van der Waals surface area (Å²) < 4.78 is 38.9. The molecule has 34 heavy (non-hydrogen) atoms. The summed E-state index contributed by atoms with van der Waals surface area (Å²) in [6, 6.07) is 19.0. The summed E-state index contributed by atoms with van der Waals surface area (Å²) in [5.74, 6) is 0.338. The minimum atomic E-state index is -3.81.